The highest BCUT2D eigenvalue weighted by molar-refractivity contribution is 7.18. The number of nitrogens with zero attached hydrogens (tertiary/aromatic N) is 3. The molecule has 5 nitrogen and oxygen atoms in total. The summed E-state index contributed by atoms with van der Waals surface area (Å²) >= 11 is 1.75. The van der Waals surface area contributed by atoms with E-state index < -0.39 is 0 Å². The van der Waals surface area contributed by atoms with E-state index in [4.69, 9.17) is 4.98 Å². The van der Waals surface area contributed by atoms with E-state index in [0.717, 1.165) is 60.7 Å². The second kappa shape index (κ2) is 8.19. The van der Waals surface area contributed by atoms with Crippen molar-refractivity contribution in [2.24, 2.45) is 0 Å². The van der Waals surface area contributed by atoms with Crippen LogP contribution >= 0.6 is 11.3 Å². The zero-order valence-corrected chi connectivity index (χ0v) is 17.7. The van der Waals surface area contributed by atoms with Crippen LogP contribution in [0.25, 0.3) is 10.2 Å². The largest absolute Gasteiger partial charge is 0.342 e. The van der Waals surface area contributed by atoms with Crippen LogP contribution in [0.3, 0.4) is 0 Å². The van der Waals surface area contributed by atoms with Crippen molar-refractivity contribution in [2.75, 3.05) is 24.5 Å². The standard InChI is InChI=1S/C24H25N3O2S/c28-22-8-4-14-27(22)19-11-9-17(10-12-19)15-23(29)26-13-3-5-18(16-26)24-25-20-6-1-2-7-21(20)30-24/h1-2,6-7,9-12,18H,3-5,8,13-16H2/t18-/m1/s1. The van der Waals surface area contributed by atoms with E-state index in [1.165, 1.54) is 4.70 Å². The average Bonchev–Trinajstić information content (AvgIpc) is 3.40. The van der Waals surface area contributed by atoms with Crippen LogP contribution in [0.5, 0.6) is 0 Å². The lowest BCUT2D eigenvalue weighted by Crippen LogP contribution is -2.39. The van der Waals surface area contributed by atoms with Crippen LogP contribution in [0.4, 0.5) is 5.69 Å². The number of thiazole rings is 1. The summed E-state index contributed by atoms with van der Waals surface area (Å²) in [6.45, 7) is 2.36. The van der Waals surface area contributed by atoms with Gasteiger partial charge in [-0.15, -0.1) is 11.3 Å². The maximum absolute atomic E-state index is 13.0. The summed E-state index contributed by atoms with van der Waals surface area (Å²) < 4.78 is 1.22. The van der Waals surface area contributed by atoms with Crippen LogP contribution in [-0.4, -0.2) is 41.3 Å². The fraction of sp³-hybridized carbons (Fsp3) is 0.375. The molecule has 3 heterocycles. The Morgan fingerprint density at radius 1 is 1.07 bits per heavy atom. The maximum atomic E-state index is 13.0. The van der Waals surface area contributed by atoms with Gasteiger partial charge >= 0.3 is 0 Å². The number of anilines is 1. The number of piperidine rings is 1. The lowest BCUT2D eigenvalue weighted by atomic mass is 9.98. The second-order valence-corrected chi connectivity index (χ2v) is 9.25. The maximum Gasteiger partial charge on any atom is 0.227 e. The molecule has 0 saturated carbocycles. The molecule has 0 N–H and O–H groups in total. The molecule has 0 spiro atoms. The first-order valence-electron chi connectivity index (χ1n) is 10.7. The van der Waals surface area contributed by atoms with Crippen molar-refractivity contribution >= 4 is 39.1 Å². The first-order chi connectivity index (χ1) is 14.7. The fourth-order valence-electron chi connectivity index (χ4n) is 4.47. The van der Waals surface area contributed by atoms with E-state index in [-0.39, 0.29) is 11.8 Å². The Bertz CT molecular complexity index is 1040. The molecule has 2 aliphatic rings. The monoisotopic (exact) mass is 419 g/mol. The molecule has 3 aromatic rings. The molecule has 0 radical (unpaired) electrons. The summed E-state index contributed by atoms with van der Waals surface area (Å²) in [4.78, 5) is 33.5. The number of rotatable bonds is 4. The number of aromatic nitrogens is 1. The van der Waals surface area contributed by atoms with Crippen LogP contribution in [0.1, 0.15) is 42.2 Å². The van der Waals surface area contributed by atoms with Gasteiger partial charge in [0.1, 0.15) is 0 Å². The zero-order valence-electron chi connectivity index (χ0n) is 16.9. The van der Waals surface area contributed by atoms with Gasteiger partial charge in [0.15, 0.2) is 0 Å². The minimum Gasteiger partial charge on any atom is -0.342 e. The predicted molar refractivity (Wildman–Crippen MR) is 120 cm³/mol. The smallest absolute Gasteiger partial charge is 0.227 e. The highest BCUT2D eigenvalue weighted by atomic mass is 32.1. The number of amides is 2. The van der Waals surface area contributed by atoms with Crippen LogP contribution in [-0.2, 0) is 16.0 Å². The summed E-state index contributed by atoms with van der Waals surface area (Å²) in [5.74, 6) is 0.683. The van der Waals surface area contributed by atoms with Gasteiger partial charge < -0.3 is 9.80 Å². The minimum atomic E-state index is 0.172. The molecule has 1 aromatic heterocycles. The summed E-state index contributed by atoms with van der Waals surface area (Å²) in [7, 11) is 0. The molecular formula is C24H25N3O2S. The molecule has 5 rings (SSSR count). The number of para-hydroxylation sites is 1. The lowest BCUT2D eigenvalue weighted by Gasteiger charge is -2.32. The van der Waals surface area contributed by atoms with Crippen molar-refractivity contribution in [1.29, 1.82) is 0 Å². The highest BCUT2D eigenvalue weighted by Crippen LogP contribution is 2.33. The average molecular weight is 420 g/mol. The van der Waals surface area contributed by atoms with E-state index in [0.29, 0.717) is 18.8 Å². The number of benzene rings is 2. The van der Waals surface area contributed by atoms with Crippen LogP contribution in [0, 0.1) is 0 Å². The van der Waals surface area contributed by atoms with Gasteiger partial charge in [-0.1, -0.05) is 24.3 Å². The molecular weight excluding hydrogens is 394 g/mol. The quantitative estimate of drug-likeness (QED) is 0.631. The summed E-state index contributed by atoms with van der Waals surface area (Å²) in [6, 6.07) is 16.1. The van der Waals surface area contributed by atoms with Gasteiger partial charge in [-0.3, -0.25) is 9.59 Å². The normalized spacial score (nSPS) is 19.6. The van der Waals surface area contributed by atoms with Gasteiger partial charge in [0.05, 0.1) is 21.6 Å². The second-order valence-electron chi connectivity index (χ2n) is 8.19. The summed E-state index contributed by atoms with van der Waals surface area (Å²) in [6.07, 6.45) is 4.06. The molecule has 6 heteroatoms. The molecule has 0 aliphatic carbocycles. The van der Waals surface area contributed by atoms with Gasteiger partial charge in [-0.2, -0.15) is 0 Å². The van der Waals surface area contributed by atoms with Crippen molar-refractivity contribution in [2.45, 2.75) is 38.0 Å². The molecule has 154 valence electrons. The topological polar surface area (TPSA) is 53.5 Å². The lowest BCUT2D eigenvalue weighted by molar-refractivity contribution is -0.131. The van der Waals surface area contributed by atoms with Crippen molar-refractivity contribution in [3.05, 3.63) is 59.1 Å². The predicted octanol–water partition coefficient (Wildman–Crippen LogP) is 4.37. The molecule has 1 atom stereocenters. The number of likely N-dealkylation sites (tertiary alicyclic amines) is 1. The van der Waals surface area contributed by atoms with E-state index in [2.05, 4.69) is 12.1 Å². The van der Waals surface area contributed by atoms with Gasteiger partial charge in [0.2, 0.25) is 11.8 Å². The van der Waals surface area contributed by atoms with E-state index >= 15 is 0 Å². The molecule has 0 bridgehead atoms. The Morgan fingerprint density at radius 2 is 1.90 bits per heavy atom. The van der Waals surface area contributed by atoms with E-state index in [1.54, 1.807) is 11.3 Å². The third kappa shape index (κ3) is 3.84. The molecule has 0 unspecified atom stereocenters. The minimum absolute atomic E-state index is 0.172. The molecule has 2 saturated heterocycles. The Hall–Kier alpha value is -2.73. The number of carbonyl (C=O) groups is 2. The SMILES string of the molecule is O=C(Cc1ccc(N2CCCC2=O)cc1)N1CCC[C@@H](c2nc3ccccc3s2)C1. The third-order valence-corrected chi connectivity index (χ3v) is 7.31. The first-order valence-corrected chi connectivity index (χ1v) is 11.5. The fourth-order valence-corrected chi connectivity index (χ4v) is 5.56. The molecule has 30 heavy (non-hydrogen) atoms. The first kappa shape index (κ1) is 19.2. The highest BCUT2D eigenvalue weighted by Gasteiger charge is 2.27. The van der Waals surface area contributed by atoms with Gasteiger partial charge in [-0.25, -0.2) is 4.98 Å². The number of hydrogen-bond acceptors (Lipinski definition) is 4. The number of hydrogen-bond donors (Lipinski definition) is 0. The zero-order chi connectivity index (χ0) is 20.5. The van der Waals surface area contributed by atoms with Crippen LogP contribution < -0.4 is 4.90 Å². The van der Waals surface area contributed by atoms with E-state index in [1.807, 2.05) is 46.2 Å². The van der Waals surface area contributed by atoms with Crippen molar-refractivity contribution in [3.63, 3.8) is 0 Å². The van der Waals surface area contributed by atoms with Gasteiger partial charge in [-0.05, 0) is 49.1 Å². The van der Waals surface area contributed by atoms with Crippen LogP contribution in [0.15, 0.2) is 48.5 Å². The summed E-state index contributed by atoms with van der Waals surface area (Å²) in [5, 5.41) is 1.15. The Labute approximate surface area is 180 Å². The Balaban J connectivity index is 1.24. The number of fused-ring (bicyclic) bond motifs is 1. The molecule has 2 fully saturated rings. The summed E-state index contributed by atoms with van der Waals surface area (Å²) in [5.41, 5.74) is 2.98. The molecule has 2 amide bonds. The molecule has 2 aromatic carbocycles. The van der Waals surface area contributed by atoms with Gasteiger partial charge in [0, 0.05) is 37.7 Å². The van der Waals surface area contributed by atoms with E-state index in [9.17, 15) is 9.59 Å². The van der Waals surface area contributed by atoms with Crippen molar-refractivity contribution in [3.8, 4) is 0 Å². The van der Waals surface area contributed by atoms with Crippen LogP contribution in [0.2, 0.25) is 0 Å². The Kier molecular flexibility index (Phi) is 5.25. The number of carbonyl (C=O) groups excluding carboxylic acids is 2. The van der Waals surface area contributed by atoms with Crippen molar-refractivity contribution < 1.29 is 9.59 Å². The van der Waals surface area contributed by atoms with Crippen molar-refractivity contribution in [1.82, 2.24) is 9.88 Å². The third-order valence-electron chi connectivity index (χ3n) is 6.11. The Morgan fingerprint density at radius 3 is 2.67 bits per heavy atom. The molecule has 2 aliphatic heterocycles. The van der Waals surface area contributed by atoms with Gasteiger partial charge in [0.25, 0.3) is 0 Å².